The zero-order valence-corrected chi connectivity index (χ0v) is 8.43. The molecule has 0 aromatic rings. The van der Waals surface area contributed by atoms with Gasteiger partial charge in [0.05, 0.1) is 6.10 Å². The second-order valence-electron chi connectivity index (χ2n) is 4.87. The molecule has 1 fully saturated rings. The summed E-state index contributed by atoms with van der Waals surface area (Å²) >= 11 is 0. The first-order valence-electron chi connectivity index (χ1n) is 4.68. The second kappa shape index (κ2) is 4.24. The van der Waals surface area contributed by atoms with E-state index in [1.165, 1.54) is 12.8 Å². The Hall–Kier alpha value is -0.0800. The van der Waals surface area contributed by atoms with E-state index in [-0.39, 0.29) is 11.6 Å². The highest BCUT2D eigenvalue weighted by molar-refractivity contribution is 4.79. The average Bonchev–Trinajstić information content (AvgIpc) is 1.86. The van der Waals surface area contributed by atoms with Crippen LogP contribution >= 0.6 is 0 Å². The fraction of sp³-hybridized carbons (Fsp3) is 1.00. The van der Waals surface area contributed by atoms with Crippen molar-refractivity contribution < 1.29 is 10.6 Å². The molecule has 1 saturated carbocycles. The molecule has 0 aromatic heterocycles. The summed E-state index contributed by atoms with van der Waals surface area (Å²) in [5.74, 6) is 0.825. The smallest absolute Gasteiger partial charge is 0.0540 e. The molecule has 0 saturated heterocycles. The highest BCUT2D eigenvalue weighted by Crippen LogP contribution is 2.37. The summed E-state index contributed by atoms with van der Waals surface area (Å²) in [7, 11) is 0. The molecule has 3 N–H and O–H groups in total. The Kier molecular flexibility index (Phi) is 4.21. The Morgan fingerprint density at radius 3 is 1.75 bits per heavy atom. The van der Waals surface area contributed by atoms with Crippen LogP contribution in [0.25, 0.3) is 0 Å². The van der Waals surface area contributed by atoms with Gasteiger partial charge in [-0.2, -0.15) is 0 Å². The van der Waals surface area contributed by atoms with Gasteiger partial charge >= 0.3 is 0 Å². The first-order chi connectivity index (χ1) is 5.00. The third-order valence-electron chi connectivity index (χ3n) is 2.92. The molecule has 2 nitrogen and oxygen atoms in total. The van der Waals surface area contributed by atoms with Gasteiger partial charge in [0.1, 0.15) is 0 Å². The normalized spacial score (nSPS) is 31.0. The summed E-state index contributed by atoms with van der Waals surface area (Å²) < 4.78 is 0. The van der Waals surface area contributed by atoms with E-state index < -0.39 is 0 Å². The molecule has 1 aliphatic rings. The molecule has 1 rings (SSSR count). The number of aliphatic hydroxyl groups is 1. The van der Waals surface area contributed by atoms with Crippen LogP contribution in [0.15, 0.2) is 0 Å². The maximum atomic E-state index is 9.29. The van der Waals surface area contributed by atoms with Crippen LogP contribution in [0.1, 0.15) is 46.5 Å². The molecule has 1 aliphatic carbocycles. The summed E-state index contributed by atoms with van der Waals surface area (Å²) in [4.78, 5) is 0. The van der Waals surface area contributed by atoms with Crippen LogP contribution < -0.4 is 0 Å². The van der Waals surface area contributed by atoms with Gasteiger partial charge in [0, 0.05) is 0 Å². The van der Waals surface area contributed by atoms with E-state index >= 15 is 0 Å². The lowest BCUT2D eigenvalue weighted by molar-refractivity contribution is 0.0725. The topological polar surface area (TPSA) is 51.7 Å². The largest absolute Gasteiger partial charge is 0.412 e. The highest BCUT2D eigenvalue weighted by atomic mass is 16.3. The van der Waals surface area contributed by atoms with Crippen molar-refractivity contribution in [3.8, 4) is 0 Å². The Morgan fingerprint density at radius 2 is 1.42 bits per heavy atom. The van der Waals surface area contributed by atoms with Crippen LogP contribution in [0.3, 0.4) is 0 Å². The van der Waals surface area contributed by atoms with Crippen molar-refractivity contribution in [2.45, 2.75) is 52.6 Å². The van der Waals surface area contributed by atoms with Crippen LogP contribution in [0.4, 0.5) is 0 Å². The zero-order chi connectivity index (χ0) is 8.48. The van der Waals surface area contributed by atoms with Gasteiger partial charge in [-0.05, 0) is 37.0 Å². The van der Waals surface area contributed by atoms with Crippen LogP contribution in [-0.2, 0) is 0 Å². The monoisotopic (exact) mass is 174 g/mol. The first-order valence-corrected chi connectivity index (χ1v) is 4.68. The predicted octanol–water partition coefficient (Wildman–Crippen LogP) is 1.76. The zero-order valence-electron chi connectivity index (χ0n) is 8.43. The molecule has 0 unspecified atom stereocenters. The molecule has 0 spiro atoms. The van der Waals surface area contributed by atoms with E-state index in [1.807, 2.05) is 0 Å². The molecule has 74 valence electrons. The number of aliphatic hydroxyl groups excluding tert-OH is 1. The molecular formula is C10H22O2. The van der Waals surface area contributed by atoms with Crippen LogP contribution in [-0.4, -0.2) is 16.7 Å². The Morgan fingerprint density at radius 1 is 1.00 bits per heavy atom. The molecular weight excluding hydrogens is 152 g/mol. The SMILES string of the molecule is CC(C)(C)C1CCC(O)CC1.O. The van der Waals surface area contributed by atoms with E-state index in [0.717, 1.165) is 18.8 Å². The van der Waals surface area contributed by atoms with E-state index in [9.17, 15) is 5.11 Å². The van der Waals surface area contributed by atoms with Gasteiger partial charge < -0.3 is 10.6 Å². The minimum Gasteiger partial charge on any atom is -0.412 e. The van der Waals surface area contributed by atoms with Gasteiger partial charge in [-0.25, -0.2) is 0 Å². The second-order valence-corrected chi connectivity index (χ2v) is 4.87. The molecule has 0 amide bonds. The lowest BCUT2D eigenvalue weighted by Crippen LogP contribution is -2.27. The summed E-state index contributed by atoms with van der Waals surface area (Å²) in [5, 5.41) is 9.29. The number of hydrogen-bond acceptors (Lipinski definition) is 1. The standard InChI is InChI=1S/C10H20O.H2O/c1-10(2,3)8-4-6-9(11)7-5-8;/h8-9,11H,4-7H2,1-3H3;1H2. The van der Waals surface area contributed by atoms with Gasteiger partial charge in [-0.1, -0.05) is 20.8 Å². The van der Waals surface area contributed by atoms with Crippen molar-refractivity contribution in [2.24, 2.45) is 11.3 Å². The molecule has 0 atom stereocenters. The molecule has 0 radical (unpaired) electrons. The molecule has 12 heavy (non-hydrogen) atoms. The minimum absolute atomic E-state index is 0. The fourth-order valence-electron chi connectivity index (χ4n) is 1.94. The van der Waals surface area contributed by atoms with Crippen molar-refractivity contribution in [3.05, 3.63) is 0 Å². The first kappa shape index (κ1) is 11.9. The third-order valence-corrected chi connectivity index (χ3v) is 2.92. The van der Waals surface area contributed by atoms with E-state index in [1.54, 1.807) is 0 Å². The van der Waals surface area contributed by atoms with Crippen molar-refractivity contribution >= 4 is 0 Å². The quantitative estimate of drug-likeness (QED) is 0.597. The van der Waals surface area contributed by atoms with Crippen molar-refractivity contribution in [1.29, 1.82) is 0 Å². The maximum Gasteiger partial charge on any atom is 0.0540 e. The molecule has 0 aromatic carbocycles. The summed E-state index contributed by atoms with van der Waals surface area (Å²) in [5.41, 5.74) is 0.445. The molecule has 0 bridgehead atoms. The van der Waals surface area contributed by atoms with Gasteiger partial charge in [-0.15, -0.1) is 0 Å². The van der Waals surface area contributed by atoms with Crippen LogP contribution in [0, 0.1) is 11.3 Å². The van der Waals surface area contributed by atoms with E-state index in [0.29, 0.717) is 5.41 Å². The Labute approximate surface area is 75.3 Å². The molecule has 0 heterocycles. The van der Waals surface area contributed by atoms with Crippen molar-refractivity contribution in [2.75, 3.05) is 0 Å². The minimum atomic E-state index is -0.00593. The summed E-state index contributed by atoms with van der Waals surface area (Å²) in [6.45, 7) is 6.90. The van der Waals surface area contributed by atoms with Crippen molar-refractivity contribution in [1.82, 2.24) is 0 Å². The third kappa shape index (κ3) is 3.11. The Bertz CT molecular complexity index is 118. The lowest BCUT2D eigenvalue weighted by atomic mass is 9.72. The predicted molar refractivity (Wildman–Crippen MR) is 51.0 cm³/mol. The van der Waals surface area contributed by atoms with Gasteiger partial charge in [0.15, 0.2) is 0 Å². The summed E-state index contributed by atoms with van der Waals surface area (Å²) in [6, 6.07) is 0. The van der Waals surface area contributed by atoms with Crippen LogP contribution in [0.5, 0.6) is 0 Å². The number of hydrogen-bond donors (Lipinski definition) is 1. The number of rotatable bonds is 0. The van der Waals surface area contributed by atoms with E-state index in [2.05, 4.69) is 20.8 Å². The highest BCUT2D eigenvalue weighted by Gasteiger charge is 2.28. The van der Waals surface area contributed by atoms with Gasteiger partial charge in [-0.3, -0.25) is 0 Å². The lowest BCUT2D eigenvalue weighted by Gasteiger charge is -2.35. The van der Waals surface area contributed by atoms with Gasteiger partial charge in [0.25, 0.3) is 0 Å². The van der Waals surface area contributed by atoms with Crippen molar-refractivity contribution in [3.63, 3.8) is 0 Å². The van der Waals surface area contributed by atoms with Crippen LogP contribution in [0.2, 0.25) is 0 Å². The molecule has 2 heteroatoms. The Balaban J connectivity index is 0.00000121. The molecule has 0 aliphatic heterocycles. The van der Waals surface area contributed by atoms with Gasteiger partial charge in [0.2, 0.25) is 0 Å². The summed E-state index contributed by atoms with van der Waals surface area (Å²) in [6.07, 6.45) is 4.45. The maximum absolute atomic E-state index is 9.29. The average molecular weight is 174 g/mol. The fourth-order valence-corrected chi connectivity index (χ4v) is 1.94. The van der Waals surface area contributed by atoms with E-state index in [4.69, 9.17) is 0 Å².